The Morgan fingerprint density at radius 1 is 1.53 bits per heavy atom. The van der Waals surface area contributed by atoms with E-state index in [2.05, 4.69) is 6.58 Å². The molecule has 0 aromatic rings. The highest BCUT2D eigenvalue weighted by Crippen LogP contribution is 2.35. The molecule has 1 rings (SSSR count). The minimum atomic E-state index is -4.78. The molecule has 0 bridgehead atoms. The summed E-state index contributed by atoms with van der Waals surface area (Å²) >= 11 is 0.670. The zero-order valence-electron chi connectivity index (χ0n) is 7.86. The zero-order valence-corrected chi connectivity index (χ0v) is 8.67. The Morgan fingerprint density at radius 2 is 2.07 bits per heavy atom. The molecular weight excluding hydrogens is 227 g/mol. The van der Waals surface area contributed by atoms with E-state index in [0.717, 1.165) is 5.57 Å². The lowest BCUT2D eigenvalue weighted by atomic mass is 9.82. The standard InChI is InChI=1S/C9H10F3NOS/c1-5-2-6(3-5)8(13)15-4-7(14)9(10,11)12/h6,13H,1-4H2. The molecule has 1 aliphatic rings. The molecule has 0 saturated heterocycles. The van der Waals surface area contributed by atoms with Gasteiger partial charge < -0.3 is 0 Å². The van der Waals surface area contributed by atoms with Crippen LogP contribution in [0.3, 0.4) is 0 Å². The lowest BCUT2D eigenvalue weighted by Gasteiger charge is -2.28. The number of carbonyl (C=O) groups is 1. The van der Waals surface area contributed by atoms with Crippen LogP contribution in [-0.4, -0.2) is 22.8 Å². The molecule has 0 amide bonds. The molecule has 1 fully saturated rings. The van der Waals surface area contributed by atoms with E-state index < -0.39 is 17.7 Å². The first-order valence-corrected chi connectivity index (χ1v) is 5.27. The quantitative estimate of drug-likeness (QED) is 0.466. The zero-order chi connectivity index (χ0) is 11.6. The summed E-state index contributed by atoms with van der Waals surface area (Å²) in [6, 6.07) is 0. The number of alkyl halides is 3. The van der Waals surface area contributed by atoms with E-state index in [0.29, 0.717) is 24.6 Å². The topological polar surface area (TPSA) is 40.9 Å². The van der Waals surface area contributed by atoms with Crippen molar-refractivity contribution in [3.05, 3.63) is 12.2 Å². The maximum Gasteiger partial charge on any atom is 0.450 e. The fourth-order valence-corrected chi connectivity index (χ4v) is 2.02. The average Bonchev–Trinajstić information content (AvgIpc) is 2.06. The van der Waals surface area contributed by atoms with Gasteiger partial charge in [0.25, 0.3) is 0 Å². The summed E-state index contributed by atoms with van der Waals surface area (Å²) in [6.45, 7) is 3.67. The molecule has 0 aromatic carbocycles. The second-order valence-electron chi connectivity index (χ2n) is 3.43. The average molecular weight is 237 g/mol. The monoisotopic (exact) mass is 237 g/mol. The highest BCUT2D eigenvalue weighted by Gasteiger charge is 2.38. The van der Waals surface area contributed by atoms with Crippen LogP contribution in [0.4, 0.5) is 13.2 Å². The van der Waals surface area contributed by atoms with Gasteiger partial charge in [-0.2, -0.15) is 13.2 Å². The van der Waals surface area contributed by atoms with Crippen LogP contribution < -0.4 is 0 Å². The van der Waals surface area contributed by atoms with E-state index >= 15 is 0 Å². The number of hydrogen-bond acceptors (Lipinski definition) is 3. The predicted octanol–water partition coefficient (Wildman–Crippen LogP) is 2.79. The lowest BCUT2D eigenvalue weighted by Crippen LogP contribution is -2.27. The number of nitrogens with one attached hydrogen (secondary N) is 1. The van der Waals surface area contributed by atoms with E-state index in [1.807, 2.05) is 0 Å². The predicted molar refractivity (Wildman–Crippen MR) is 53.1 cm³/mol. The number of carbonyl (C=O) groups excluding carboxylic acids is 1. The van der Waals surface area contributed by atoms with Crippen LogP contribution in [-0.2, 0) is 4.79 Å². The van der Waals surface area contributed by atoms with Gasteiger partial charge in [0, 0.05) is 5.92 Å². The highest BCUT2D eigenvalue weighted by atomic mass is 32.2. The molecule has 6 heteroatoms. The third-order valence-electron chi connectivity index (χ3n) is 2.12. The molecule has 84 valence electrons. The molecule has 1 saturated carbocycles. The van der Waals surface area contributed by atoms with Crippen molar-refractivity contribution in [1.29, 1.82) is 5.41 Å². The minimum Gasteiger partial charge on any atom is -0.298 e. The van der Waals surface area contributed by atoms with Gasteiger partial charge in [0.15, 0.2) is 0 Å². The number of rotatable bonds is 3. The van der Waals surface area contributed by atoms with Crippen molar-refractivity contribution in [2.75, 3.05) is 5.75 Å². The number of hydrogen-bond donors (Lipinski definition) is 1. The summed E-state index contributed by atoms with van der Waals surface area (Å²) in [6.07, 6.45) is -3.46. The van der Waals surface area contributed by atoms with Crippen LogP contribution in [0.5, 0.6) is 0 Å². The lowest BCUT2D eigenvalue weighted by molar-refractivity contribution is -0.167. The van der Waals surface area contributed by atoms with Crippen molar-refractivity contribution in [2.24, 2.45) is 5.92 Å². The summed E-state index contributed by atoms with van der Waals surface area (Å²) in [5.41, 5.74) is 1.01. The fraction of sp³-hybridized carbons (Fsp3) is 0.556. The molecule has 0 spiro atoms. The van der Waals surface area contributed by atoms with Crippen molar-refractivity contribution < 1.29 is 18.0 Å². The first-order valence-electron chi connectivity index (χ1n) is 4.28. The van der Waals surface area contributed by atoms with E-state index in [9.17, 15) is 18.0 Å². The van der Waals surface area contributed by atoms with Gasteiger partial charge in [-0.3, -0.25) is 10.2 Å². The van der Waals surface area contributed by atoms with Crippen molar-refractivity contribution in [1.82, 2.24) is 0 Å². The number of halogens is 3. The Balaban J connectivity index is 2.29. The second kappa shape index (κ2) is 4.38. The van der Waals surface area contributed by atoms with Crippen molar-refractivity contribution in [3.63, 3.8) is 0 Å². The molecule has 2 nitrogen and oxygen atoms in total. The van der Waals surface area contributed by atoms with Crippen molar-refractivity contribution in [3.8, 4) is 0 Å². The SMILES string of the molecule is C=C1CC(C(=N)SCC(=O)C(F)(F)F)C1. The molecule has 1 N–H and O–H groups in total. The molecule has 0 atom stereocenters. The van der Waals surface area contributed by atoms with Crippen molar-refractivity contribution >= 4 is 22.6 Å². The van der Waals surface area contributed by atoms with Crippen LogP contribution >= 0.6 is 11.8 Å². The third kappa shape index (κ3) is 3.37. The van der Waals surface area contributed by atoms with Crippen LogP contribution in [0, 0.1) is 11.3 Å². The largest absolute Gasteiger partial charge is 0.450 e. The number of thioether (sulfide) groups is 1. The maximum atomic E-state index is 11.8. The summed E-state index contributed by atoms with van der Waals surface area (Å²) in [5, 5.41) is 7.59. The van der Waals surface area contributed by atoms with Crippen LogP contribution in [0.1, 0.15) is 12.8 Å². The third-order valence-corrected chi connectivity index (χ3v) is 3.17. The Hall–Kier alpha value is -0.780. The molecule has 0 aromatic heterocycles. The van der Waals surface area contributed by atoms with Crippen LogP contribution in [0.2, 0.25) is 0 Å². The summed E-state index contributed by atoms with van der Waals surface area (Å²) in [5.74, 6) is -2.50. The number of ketones is 1. The Kier molecular flexibility index (Phi) is 3.59. The first kappa shape index (κ1) is 12.3. The number of Topliss-reactive ketones (excluding diaryl/α,β-unsaturated/α-hetero) is 1. The van der Waals surface area contributed by atoms with E-state index in [-0.39, 0.29) is 11.0 Å². The first-order chi connectivity index (χ1) is 6.80. The molecule has 0 aliphatic heterocycles. The van der Waals surface area contributed by atoms with E-state index in [4.69, 9.17) is 5.41 Å². The van der Waals surface area contributed by atoms with Gasteiger partial charge in [0.1, 0.15) is 0 Å². The minimum absolute atomic E-state index is 0.0245. The molecule has 0 unspecified atom stereocenters. The summed E-state index contributed by atoms with van der Waals surface area (Å²) < 4.78 is 35.4. The Labute approximate surface area is 89.4 Å². The van der Waals surface area contributed by atoms with E-state index in [1.54, 1.807) is 0 Å². The van der Waals surface area contributed by atoms with Gasteiger partial charge in [0.2, 0.25) is 5.78 Å². The molecule has 0 heterocycles. The van der Waals surface area contributed by atoms with Crippen molar-refractivity contribution in [2.45, 2.75) is 19.0 Å². The summed E-state index contributed by atoms with van der Waals surface area (Å²) in [7, 11) is 0. The molecule has 15 heavy (non-hydrogen) atoms. The second-order valence-corrected chi connectivity index (χ2v) is 4.45. The highest BCUT2D eigenvalue weighted by molar-refractivity contribution is 8.14. The van der Waals surface area contributed by atoms with Crippen LogP contribution in [0.25, 0.3) is 0 Å². The molecule has 0 radical (unpaired) electrons. The fourth-order valence-electron chi connectivity index (χ4n) is 1.17. The summed E-state index contributed by atoms with van der Waals surface area (Å²) in [4.78, 5) is 10.5. The van der Waals surface area contributed by atoms with Gasteiger partial charge in [0.05, 0.1) is 10.8 Å². The Bertz CT molecular complexity index is 303. The normalized spacial score (nSPS) is 17.4. The van der Waals surface area contributed by atoms with Crippen LogP contribution in [0.15, 0.2) is 12.2 Å². The van der Waals surface area contributed by atoms with Gasteiger partial charge in [-0.1, -0.05) is 12.2 Å². The number of allylic oxidation sites excluding steroid dienone is 1. The van der Waals surface area contributed by atoms with Gasteiger partial charge >= 0.3 is 6.18 Å². The van der Waals surface area contributed by atoms with Gasteiger partial charge in [-0.15, -0.1) is 11.8 Å². The molecule has 1 aliphatic carbocycles. The Morgan fingerprint density at radius 3 is 2.47 bits per heavy atom. The molecular formula is C9H10F3NOS. The van der Waals surface area contributed by atoms with Gasteiger partial charge in [-0.25, -0.2) is 0 Å². The maximum absolute atomic E-state index is 11.8. The van der Waals surface area contributed by atoms with E-state index in [1.165, 1.54) is 0 Å². The van der Waals surface area contributed by atoms with Gasteiger partial charge in [-0.05, 0) is 12.8 Å². The smallest absolute Gasteiger partial charge is 0.298 e.